The summed E-state index contributed by atoms with van der Waals surface area (Å²) in [7, 11) is -2.14. The number of sulfonamides is 1. The molecule has 0 aliphatic heterocycles. The summed E-state index contributed by atoms with van der Waals surface area (Å²) in [4.78, 5) is 18.3. The van der Waals surface area contributed by atoms with E-state index in [0.29, 0.717) is 5.69 Å². The number of nitrogens with zero attached hydrogens (tertiary/aromatic N) is 3. The average molecular weight is 455 g/mol. The number of hydrogen-bond acceptors (Lipinski definition) is 5. The number of carbonyl (C=O) groups excluding carboxylic acids is 1. The Balaban J connectivity index is 1.51. The van der Waals surface area contributed by atoms with Gasteiger partial charge in [0.1, 0.15) is 0 Å². The third-order valence-corrected chi connectivity index (χ3v) is 7.83. The van der Waals surface area contributed by atoms with E-state index >= 15 is 0 Å². The zero-order chi connectivity index (χ0) is 22.2. The second-order valence-corrected chi connectivity index (χ2v) is 10.3. The largest absolute Gasteiger partial charge is 0.322 e. The number of anilines is 1. The van der Waals surface area contributed by atoms with Crippen LogP contribution in [-0.4, -0.2) is 41.1 Å². The summed E-state index contributed by atoms with van der Waals surface area (Å²) < 4.78 is 28.7. The molecule has 0 saturated heterocycles. The van der Waals surface area contributed by atoms with Crippen LogP contribution in [0.2, 0.25) is 0 Å². The normalized spacial score (nSPS) is 12.0. The van der Waals surface area contributed by atoms with Crippen molar-refractivity contribution in [3.05, 3.63) is 71.9 Å². The van der Waals surface area contributed by atoms with E-state index in [1.165, 1.54) is 23.5 Å². The molecule has 31 heavy (non-hydrogen) atoms. The minimum absolute atomic E-state index is 0.0893. The summed E-state index contributed by atoms with van der Waals surface area (Å²) >= 11 is 1.57. The fraction of sp³-hybridized carbons (Fsp3) is 0.182. The minimum atomic E-state index is -3.66. The summed E-state index contributed by atoms with van der Waals surface area (Å²) in [5, 5.41) is 4.80. The molecule has 0 bridgehead atoms. The number of aromatic nitrogens is 2. The second kappa shape index (κ2) is 8.26. The van der Waals surface area contributed by atoms with Crippen LogP contribution in [0.1, 0.15) is 24.2 Å². The highest BCUT2D eigenvalue weighted by molar-refractivity contribution is 7.89. The fourth-order valence-corrected chi connectivity index (χ4v) is 5.15. The first-order chi connectivity index (χ1) is 14.8. The molecule has 0 saturated carbocycles. The van der Waals surface area contributed by atoms with Crippen molar-refractivity contribution in [3.8, 4) is 11.3 Å². The molecule has 2 aromatic heterocycles. The third-order valence-electron chi connectivity index (χ3n) is 5.03. The van der Waals surface area contributed by atoms with Gasteiger partial charge in [0.25, 0.3) is 5.91 Å². The molecule has 160 valence electrons. The number of thiazole rings is 1. The van der Waals surface area contributed by atoms with Crippen molar-refractivity contribution in [2.75, 3.05) is 12.4 Å². The lowest BCUT2D eigenvalue weighted by atomic mass is 10.1. The van der Waals surface area contributed by atoms with E-state index in [-0.39, 0.29) is 22.4 Å². The van der Waals surface area contributed by atoms with Crippen LogP contribution in [0.25, 0.3) is 16.2 Å². The predicted octanol–water partition coefficient (Wildman–Crippen LogP) is 4.34. The number of benzene rings is 2. The molecule has 0 spiro atoms. The molecule has 0 radical (unpaired) electrons. The number of imidazole rings is 1. The number of nitrogens with one attached hydrogen (secondary N) is 1. The summed E-state index contributed by atoms with van der Waals surface area (Å²) in [6.07, 6.45) is 3.91. The maximum absolute atomic E-state index is 12.7. The molecular formula is C22H22N4O3S2. The molecule has 0 atom stereocenters. The number of hydrogen-bond donors (Lipinski definition) is 1. The minimum Gasteiger partial charge on any atom is -0.322 e. The van der Waals surface area contributed by atoms with E-state index in [0.717, 1.165) is 16.2 Å². The van der Waals surface area contributed by atoms with Gasteiger partial charge in [0.05, 0.1) is 10.6 Å². The van der Waals surface area contributed by atoms with Gasteiger partial charge >= 0.3 is 0 Å². The highest BCUT2D eigenvalue weighted by atomic mass is 32.2. The first kappa shape index (κ1) is 21.2. The highest BCUT2D eigenvalue weighted by Gasteiger charge is 2.24. The summed E-state index contributed by atoms with van der Waals surface area (Å²) in [5.41, 5.74) is 2.69. The van der Waals surface area contributed by atoms with Crippen LogP contribution in [0.5, 0.6) is 0 Å². The van der Waals surface area contributed by atoms with Crippen LogP contribution < -0.4 is 5.32 Å². The zero-order valence-electron chi connectivity index (χ0n) is 17.3. The monoisotopic (exact) mass is 454 g/mol. The Kier molecular flexibility index (Phi) is 5.65. The third kappa shape index (κ3) is 4.25. The maximum Gasteiger partial charge on any atom is 0.255 e. The van der Waals surface area contributed by atoms with Crippen molar-refractivity contribution in [1.82, 2.24) is 13.7 Å². The summed E-state index contributed by atoms with van der Waals surface area (Å²) in [5.74, 6) is -0.375. The second-order valence-electron chi connectivity index (χ2n) is 7.39. The van der Waals surface area contributed by atoms with Crippen LogP contribution in [0.4, 0.5) is 5.69 Å². The number of fused-ring (bicyclic) bond motifs is 1. The van der Waals surface area contributed by atoms with Crippen LogP contribution in [0, 0.1) is 0 Å². The molecule has 2 heterocycles. The Morgan fingerprint density at radius 2 is 1.90 bits per heavy atom. The van der Waals surface area contributed by atoms with Gasteiger partial charge in [-0.15, -0.1) is 11.3 Å². The molecule has 9 heteroatoms. The predicted molar refractivity (Wildman–Crippen MR) is 123 cm³/mol. The van der Waals surface area contributed by atoms with Crippen LogP contribution in [-0.2, 0) is 10.0 Å². The van der Waals surface area contributed by atoms with Gasteiger partial charge in [0.15, 0.2) is 4.96 Å². The lowest BCUT2D eigenvalue weighted by Gasteiger charge is -2.21. The van der Waals surface area contributed by atoms with Gasteiger partial charge in [-0.05, 0) is 44.2 Å². The Hall–Kier alpha value is -3.01. The smallest absolute Gasteiger partial charge is 0.255 e. The Morgan fingerprint density at radius 1 is 1.16 bits per heavy atom. The van der Waals surface area contributed by atoms with Gasteiger partial charge in [-0.3, -0.25) is 9.20 Å². The number of carbonyl (C=O) groups is 1. The van der Waals surface area contributed by atoms with Gasteiger partial charge < -0.3 is 5.32 Å². The van der Waals surface area contributed by atoms with Crippen molar-refractivity contribution in [2.24, 2.45) is 0 Å². The average Bonchev–Trinajstić information content (AvgIpc) is 3.36. The summed E-state index contributed by atoms with van der Waals surface area (Å²) in [6.45, 7) is 3.59. The van der Waals surface area contributed by atoms with Crippen LogP contribution in [0.15, 0.2) is 71.2 Å². The van der Waals surface area contributed by atoms with Gasteiger partial charge in [-0.25, -0.2) is 13.4 Å². The topological polar surface area (TPSA) is 83.8 Å². The Bertz CT molecular complexity index is 1310. The number of amides is 1. The molecule has 0 fully saturated rings. The van der Waals surface area contributed by atoms with Gasteiger partial charge in [0.2, 0.25) is 10.0 Å². The lowest BCUT2D eigenvalue weighted by Crippen LogP contribution is -2.33. The van der Waals surface area contributed by atoms with Crippen LogP contribution >= 0.6 is 11.3 Å². The molecule has 2 aromatic carbocycles. The van der Waals surface area contributed by atoms with Gasteiger partial charge in [-0.1, -0.05) is 18.2 Å². The van der Waals surface area contributed by atoms with Crippen molar-refractivity contribution < 1.29 is 13.2 Å². The van der Waals surface area contributed by atoms with Crippen molar-refractivity contribution in [3.63, 3.8) is 0 Å². The molecule has 4 aromatic rings. The molecular weight excluding hydrogens is 432 g/mol. The lowest BCUT2D eigenvalue weighted by molar-refractivity contribution is 0.102. The molecule has 0 aliphatic carbocycles. The van der Waals surface area contributed by atoms with Crippen molar-refractivity contribution in [1.29, 1.82) is 0 Å². The first-order valence-corrected chi connectivity index (χ1v) is 12.0. The van der Waals surface area contributed by atoms with E-state index in [4.69, 9.17) is 0 Å². The molecule has 4 rings (SSSR count). The van der Waals surface area contributed by atoms with Crippen LogP contribution in [0.3, 0.4) is 0 Å². The Labute approximate surface area is 185 Å². The van der Waals surface area contributed by atoms with Crippen molar-refractivity contribution in [2.45, 2.75) is 24.8 Å². The van der Waals surface area contributed by atoms with E-state index < -0.39 is 10.0 Å². The van der Waals surface area contributed by atoms with Gasteiger partial charge in [-0.2, -0.15) is 4.31 Å². The molecule has 1 N–H and O–H groups in total. The van der Waals surface area contributed by atoms with E-state index in [9.17, 15) is 13.2 Å². The van der Waals surface area contributed by atoms with Gasteiger partial charge in [0, 0.05) is 47.7 Å². The number of rotatable bonds is 6. The van der Waals surface area contributed by atoms with E-state index in [2.05, 4.69) is 10.3 Å². The van der Waals surface area contributed by atoms with Crippen molar-refractivity contribution >= 4 is 37.9 Å². The van der Waals surface area contributed by atoms with E-state index in [1.54, 1.807) is 49.4 Å². The molecule has 0 aliphatic rings. The fourth-order valence-electron chi connectivity index (χ4n) is 3.04. The first-order valence-electron chi connectivity index (χ1n) is 9.68. The highest BCUT2D eigenvalue weighted by Crippen LogP contribution is 2.24. The SMILES string of the molecule is CC(C)N(C)S(=O)(=O)c1cccc(C(=O)Nc2ccc(-c3cn4ccsc4n3)cc2)c1. The zero-order valence-corrected chi connectivity index (χ0v) is 18.9. The summed E-state index contributed by atoms with van der Waals surface area (Å²) in [6, 6.07) is 13.2. The maximum atomic E-state index is 12.7. The quantitative estimate of drug-likeness (QED) is 0.470. The molecule has 1 amide bonds. The molecule has 7 nitrogen and oxygen atoms in total. The molecule has 0 unspecified atom stereocenters. The Morgan fingerprint density at radius 3 is 2.58 bits per heavy atom. The standard InChI is InChI=1S/C22H22N4O3S2/c1-15(2)25(3)31(28,29)19-6-4-5-17(13-19)21(27)23-18-9-7-16(8-10-18)20-14-26-11-12-30-22(26)24-20/h4-15H,1-3H3,(H,23,27). The van der Waals surface area contributed by atoms with E-state index in [1.807, 2.05) is 34.3 Å².